The number of aryl methyl sites for hydroxylation is 1. The maximum Gasteiger partial charge on any atom is 0.219 e. The molecule has 130 valence electrons. The summed E-state index contributed by atoms with van der Waals surface area (Å²) in [7, 11) is 0. The lowest BCUT2D eigenvalue weighted by Gasteiger charge is -2.12. The third-order valence-electron chi connectivity index (χ3n) is 3.54. The predicted octanol–water partition coefficient (Wildman–Crippen LogP) is 5.28. The Hall–Kier alpha value is -2.81. The van der Waals surface area contributed by atoms with Crippen molar-refractivity contribution in [3.8, 4) is 11.8 Å². The molecule has 1 heterocycles. The highest BCUT2D eigenvalue weighted by Crippen LogP contribution is 2.20. The normalized spacial score (nSPS) is 12.4. The first-order chi connectivity index (χ1) is 12.2. The number of benzene rings is 1. The minimum atomic E-state index is 0.282. The van der Waals surface area contributed by atoms with Gasteiger partial charge in [0, 0.05) is 17.5 Å². The zero-order valence-corrected chi connectivity index (χ0v) is 14.9. The van der Waals surface area contributed by atoms with Crippen LogP contribution in [0, 0.1) is 12.8 Å². The number of rotatable bonds is 9. The Morgan fingerprint density at radius 2 is 1.84 bits per heavy atom. The van der Waals surface area contributed by atoms with Crippen LogP contribution in [0.25, 0.3) is 0 Å². The highest BCUT2D eigenvalue weighted by Gasteiger charge is 2.07. The zero-order valence-electron chi connectivity index (χ0n) is 14.9. The Morgan fingerprint density at radius 3 is 2.60 bits per heavy atom. The van der Waals surface area contributed by atoms with Crippen molar-refractivity contribution in [2.45, 2.75) is 20.5 Å². The summed E-state index contributed by atoms with van der Waals surface area (Å²) in [6.45, 7) is 8.78. The van der Waals surface area contributed by atoms with Gasteiger partial charge in [-0.15, -0.1) is 0 Å². The second-order valence-corrected chi connectivity index (χ2v) is 5.84. The lowest BCUT2D eigenvalue weighted by molar-refractivity contribution is 0.256. The van der Waals surface area contributed by atoms with E-state index >= 15 is 0 Å². The van der Waals surface area contributed by atoms with Gasteiger partial charge in [-0.25, -0.2) is 0 Å². The number of ether oxygens (including phenoxy) is 2. The largest absolute Gasteiger partial charge is 0.477 e. The summed E-state index contributed by atoms with van der Waals surface area (Å²) >= 11 is 0. The van der Waals surface area contributed by atoms with E-state index in [9.17, 15) is 0 Å². The van der Waals surface area contributed by atoms with Crippen LogP contribution in [0.5, 0.6) is 11.8 Å². The van der Waals surface area contributed by atoms with Crippen molar-refractivity contribution >= 4 is 0 Å². The van der Waals surface area contributed by atoms with E-state index in [2.05, 4.69) is 24.6 Å². The Bertz CT molecular complexity index is 720. The summed E-state index contributed by atoms with van der Waals surface area (Å²) in [6, 6.07) is 13.9. The maximum atomic E-state index is 5.86. The Labute approximate surface area is 150 Å². The van der Waals surface area contributed by atoms with Crippen LogP contribution in [-0.2, 0) is 6.61 Å². The van der Waals surface area contributed by atoms with Crippen molar-refractivity contribution in [1.29, 1.82) is 0 Å². The molecule has 1 aromatic heterocycles. The summed E-state index contributed by atoms with van der Waals surface area (Å²) in [5.41, 5.74) is 2.11. The first-order valence-electron chi connectivity index (χ1n) is 8.42. The monoisotopic (exact) mass is 335 g/mol. The molecule has 0 N–H and O–H groups in total. The van der Waals surface area contributed by atoms with Crippen LogP contribution in [-0.4, -0.2) is 11.6 Å². The summed E-state index contributed by atoms with van der Waals surface area (Å²) in [6.07, 6.45) is 9.68. The topological polar surface area (TPSA) is 31.4 Å². The van der Waals surface area contributed by atoms with E-state index in [1.54, 1.807) is 6.08 Å². The van der Waals surface area contributed by atoms with Gasteiger partial charge < -0.3 is 9.47 Å². The van der Waals surface area contributed by atoms with Crippen molar-refractivity contribution < 1.29 is 9.47 Å². The molecule has 2 aromatic rings. The third-order valence-corrected chi connectivity index (χ3v) is 3.54. The van der Waals surface area contributed by atoms with Crippen molar-refractivity contribution in [2.24, 2.45) is 5.92 Å². The van der Waals surface area contributed by atoms with Gasteiger partial charge in [0.2, 0.25) is 11.8 Å². The molecule has 3 nitrogen and oxygen atoms in total. The van der Waals surface area contributed by atoms with Crippen LogP contribution < -0.4 is 9.47 Å². The van der Waals surface area contributed by atoms with Crippen LogP contribution in [0.15, 0.2) is 79.4 Å². The Morgan fingerprint density at radius 1 is 1.04 bits per heavy atom. The lowest BCUT2D eigenvalue weighted by Crippen LogP contribution is -2.08. The second-order valence-electron chi connectivity index (χ2n) is 5.84. The Balaban J connectivity index is 1.91. The van der Waals surface area contributed by atoms with Gasteiger partial charge in [0.1, 0.15) is 6.61 Å². The molecule has 0 radical (unpaired) electrons. The van der Waals surface area contributed by atoms with Crippen LogP contribution in [0.4, 0.5) is 0 Å². The van der Waals surface area contributed by atoms with Gasteiger partial charge in [0.15, 0.2) is 0 Å². The highest BCUT2D eigenvalue weighted by atomic mass is 16.5. The molecule has 0 fully saturated rings. The molecule has 1 aromatic carbocycles. The molecule has 0 aliphatic carbocycles. The van der Waals surface area contributed by atoms with Gasteiger partial charge in [0.25, 0.3) is 0 Å². The predicted molar refractivity (Wildman–Crippen MR) is 103 cm³/mol. The molecule has 0 aliphatic rings. The van der Waals surface area contributed by atoms with Crippen LogP contribution in [0.3, 0.4) is 0 Å². The van der Waals surface area contributed by atoms with Crippen molar-refractivity contribution in [2.75, 3.05) is 6.61 Å². The molecule has 25 heavy (non-hydrogen) atoms. The van der Waals surface area contributed by atoms with Gasteiger partial charge >= 0.3 is 0 Å². The van der Waals surface area contributed by atoms with Gasteiger partial charge in [-0.1, -0.05) is 74.2 Å². The minimum Gasteiger partial charge on any atom is -0.477 e. The van der Waals surface area contributed by atoms with Gasteiger partial charge in [0.05, 0.1) is 6.61 Å². The molecule has 0 amide bonds. The smallest absolute Gasteiger partial charge is 0.219 e. The first-order valence-corrected chi connectivity index (χ1v) is 8.42. The maximum absolute atomic E-state index is 5.86. The average Bonchev–Trinajstić information content (AvgIpc) is 2.64. The fraction of sp³-hybridized carbons (Fsp3) is 0.227. The van der Waals surface area contributed by atoms with E-state index in [4.69, 9.17) is 9.47 Å². The quantitative estimate of drug-likeness (QED) is 0.584. The molecule has 0 aliphatic heterocycles. The standard InChI is InChI=1S/C22H25NO2/c1-4-5-6-8-11-18(2)16-25-22-19(3)14-15-21(23-22)24-17-20-12-9-7-10-13-20/h4-15,18H,1,16-17H2,2-3H3/b6-5-,11-8-. The first kappa shape index (κ1) is 18.5. The summed E-state index contributed by atoms with van der Waals surface area (Å²) < 4.78 is 11.6. The molecular weight excluding hydrogens is 310 g/mol. The molecule has 0 bridgehead atoms. The van der Waals surface area contributed by atoms with E-state index in [1.165, 1.54) is 0 Å². The minimum absolute atomic E-state index is 0.282. The van der Waals surface area contributed by atoms with Gasteiger partial charge in [-0.2, -0.15) is 4.98 Å². The summed E-state index contributed by atoms with van der Waals surface area (Å²) in [5.74, 6) is 1.47. The molecular formula is C22H25NO2. The number of allylic oxidation sites excluding steroid dienone is 4. The summed E-state index contributed by atoms with van der Waals surface area (Å²) in [5, 5.41) is 0. The van der Waals surface area contributed by atoms with E-state index in [1.807, 2.05) is 67.6 Å². The van der Waals surface area contributed by atoms with E-state index < -0.39 is 0 Å². The number of hydrogen-bond donors (Lipinski definition) is 0. The summed E-state index contributed by atoms with van der Waals surface area (Å²) in [4.78, 5) is 4.47. The molecule has 2 rings (SSSR count). The number of nitrogens with zero attached hydrogens (tertiary/aromatic N) is 1. The molecule has 1 atom stereocenters. The third kappa shape index (κ3) is 6.68. The van der Waals surface area contributed by atoms with E-state index in [0.717, 1.165) is 11.1 Å². The van der Waals surface area contributed by atoms with E-state index in [0.29, 0.717) is 25.0 Å². The molecule has 1 unspecified atom stereocenters. The Kier molecular flexibility index (Phi) is 7.51. The zero-order chi connectivity index (χ0) is 17.9. The number of hydrogen-bond acceptors (Lipinski definition) is 3. The van der Waals surface area contributed by atoms with Gasteiger partial charge in [-0.05, 0) is 18.6 Å². The van der Waals surface area contributed by atoms with Gasteiger partial charge in [-0.3, -0.25) is 0 Å². The van der Waals surface area contributed by atoms with Crippen molar-refractivity contribution in [3.05, 3.63) is 90.6 Å². The lowest BCUT2D eigenvalue weighted by atomic mass is 10.2. The number of pyridine rings is 1. The SMILES string of the molecule is C=C/C=C\C=C/C(C)COc1nc(OCc2ccccc2)ccc1C. The van der Waals surface area contributed by atoms with Crippen LogP contribution >= 0.6 is 0 Å². The fourth-order valence-electron chi connectivity index (χ4n) is 2.11. The second kappa shape index (κ2) is 10.1. The molecule has 0 spiro atoms. The van der Waals surface area contributed by atoms with E-state index in [-0.39, 0.29) is 5.92 Å². The molecule has 0 saturated carbocycles. The van der Waals surface area contributed by atoms with Crippen molar-refractivity contribution in [3.63, 3.8) is 0 Å². The number of aromatic nitrogens is 1. The van der Waals surface area contributed by atoms with Crippen LogP contribution in [0.2, 0.25) is 0 Å². The highest BCUT2D eigenvalue weighted by molar-refractivity contribution is 5.29. The fourth-order valence-corrected chi connectivity index (χ4v) is 2.11. The average molecular weight is 335 g/mol. The van der Waals surface area contributed by atoms with Crippen LogP contribution in [0.1, 0.15) is 18.1 Å². The molecule has 0 saturated heterocycles. The van der Waals surface area contributed by atoms with Crippen molar-refractivity contribution in [1.82, 2.24) is 4.98 Å². The molecule has 3 heteroatoms.